The maximum absolute atomic E-state index is 12.4. The maximum atomic E-state index is 12.4. The van der Waals surface area contributed by atoms with E-state index in [1.165, 1.54) is 12.1 Å². The lowest BCUT2D eigenvalue weighted by Crippen LogP contribution is -2.56. The lowest BCUT2D eigenvalue weighted by Gasteiger charge is -2.37. The fourth-order valence-corrected chi connectivity index (χ4v) is 2.84. The predicted molar refractivity (Wildman–Crippen MR) is 83.2 cm³/mol. The lowest BCUT2D eigenvalue weighted by atomic mass is 10.1. The van der Waals surface area contributed by atoms with Crippen molar-refractivity contribution in [1.82, 2.24) is 15.1 Å². The van der Waals surface area contributed by atoms with Gasteiger partial charge in [0.25, 0.3) is 11.8 Å². The third kappa shape index (κ3) is 3.62. The van der Waals surface area contributed by atoms with E-state index in [1.54, 1.807) is 21.9 Å². The Bertz CT molecular complexity index is 561. The first kappa shape index (κ1) is 15.8. The van der Waals surface area contributed by atoms with Crippen LogP contribution in [0.25, 0.3) is 0 Å². The molecule has 2 heterocycles. The third-order valence-corrected chi connectivity index (χ3v) is 4.20. The zero-order valence-corrected chi connectivity index (χ0v) is 12.9. The van der Waals surface area contributed by atoms with E-state index in [1.807, 2.05) is 0 Å². The molecule has 124 valence electrons. The Labute approximate surface area is 134 Å². The Morgan fingerprint density at radius 3 is 2.35 bits per heavy atom. The average molecular weight is 319 g/mol. The van der Waals surface area contributed by atoms with E-state index >= 15 is 0 Å². The molecule has 2 N–H and O–H groups in total. The molecule has 0 bridgehead atoms. The van der Waals surface area contributed by atoms with Gasteiger partial charge in [0.2, 0.25) is 0 Å². The average Bonchev–Trinajstić information content (AvgIpc) is 2.62. The largest absolute Gasteiger partial charge is 0.508 e. The minimum absolute atomic E-state index is 0.00562. The molecule has 23 heavy (non-hydrogen) atoms. The first-order chi connectivity index (χ1) is 11.1. The minimum Gasteiger partial charge on any atom is -0.508 e. The number of phenolic OH excluding ortho intramolecular Hbond substituents is 1. The van der Waals surface area contributed by atoms with Gasteiger partial charge < -0.3 is 25.0 Å². The van der Waals surface area contributed by atoms with Crippen LogP contribution in [0.2, 0.25) is 0 Å². The normalized spacial score (nSPS) is 22.0. The number of carbonyl (C=O) groups is 2. The summed E-state index contributed by atoms with van der Waals surface area (Å²) in [7, 11) is 0. The van der Waals surface area contributed by atoms with Crippen LogP contribution in [0.15, 0.2) is 24.3 Å². The molecule has 2 aliphatic heterocycles. The molecule has 0 saturated carbocycles. The summed E-state index contributed by atoms with van der Waals surface area (Å²) in [5.74, 6) is 0.0553. The Balaban J connectivity index is 1.54. The highest BCUT2D eigenvalue weighted by Crippen LogP contribution is 2.14. The molecule has 0 aliphatic carbocycles. The molecule has 2 aliphatic rings. The summed E-state index contributed by atoms with van der Waals surface area (Å²) in [5, 5.41) is 12.4. The van der Waals surface area contributed by atoms with Gasteiger partial charge in [-0.2, -0.15) is 0 Å². The van der Waals surface area contributed by atoms with Crippen molar-refractivity contribution >= 4 is 11.8 Å². The van der Waals surface area contributed by atoms with Crippen LogP contribution >= 0.6 is 0 Å². The molecule has 3 rings (SSSR count). The smallest absolute Gasteiger partial charge is 0.253 e. The van der Waals surface area contributed by atoms with Gasteiger partial charge >= 0.3 is 0 Å². The molecular formula is C16H21N3O4. The second kappa shape index (κ2) is 6.97. The Hall–Kier alpha value is -2.12. The molecule has 1 atom stereocenters. The summed E-state index contributed by atoms with van der Waals surface area (Å²) in [6.45, 7) is 3.92. The van der Waals surface area contributed by atoms with Gasteiger partial charge in [0, 0.05) is 44.8 Å². The maximum Gasteiger partial charge on any atom is 0.253 e. The molecular weight excluding hydrogens is 298 g/mol. The zero-order valence-electron chi connectivity index (χ0n) is 12.9. The molecule has 2 fully saturated rings. The highest BCUT2D eigenvalue weighted by atomic mass is 16.5. The number of hydrogen-bond donors (Lipinski definition) is 2. The number of nitrogens with zero attached hydrogens (tertiary/aromatic N) is 2. The molecule has 0 spiro atoms. The van der Waals surface area contributed by atoms with Crippen molar-refractivity contribution in [2.75, 3.05) is 45.9 Å². The summed E-state index contributed by atoms with van der Waals surface area (Å²) in [4.78, 5) is 28.3. The minimum atomic E-state index is -0.414. The molecule has 7 heteroatoms. The fraction of sp³-hybridized carbons (Fsp3) is 0.500. The molecule has 0 aromatic heterocycles. The van der Waals surface area contributed by atoms with Crippen molar-refractivity contribution in [3.05, 3.63) is 29.8 Å². The molecule has 0 radical (unpaired) electrons. The van der Waals surface area contributed by atoms with Crippen molar-refractivity contribution in [3.63, 3.8) is 0 Å². The van der Waals surface area contributed by atoms with Crippen molar-refractivity contribution in [2.45, 2.75) is 6.10 Å². The number of aromatic hydroxyl groups is 1. The van der Waals surface area contributed by atoms with E-state index in [-0.39, 0.29) is 17.6 Å². The standard InChI is InChI=1S/C16H21N3O4/c20-13-3-1-12(2-4-13)15(21)18-6-8-19(9-7-18)16(22)14-11-17-5-10-23-14/h1-4,14,17,20H,5-11H2/t14-/m1/s1. The number of piperazine rings is 1. The zero-order chi connectivity index (χ0) is 16.2. The first-order valence-corrected chi connectivity index (χ1v) is 7.84. The Morgan fingerprint density at radius 2 is 1.74 bits per heavy atom. The lowest BCUT2D eigenvalue weighted by molar-refractivity contribution is -0.146. The van der Waals surface area contributed by atoms with Crippen LogP contribution < -0.4 is 5.32 Å². The van der Waals surface area contributed by atoms with Crippen molar-refractivity contribution < 1.29 is 19.4 Å². The second-order valence-electron chi connectivity index (χ2n) is 5.73. The fourth-order valence-electron chi connectivity index (χ4n) is 2.84. The van der Waals surface area contributed by atoms with Crippen LogP contribution in [-0.4, -0.2) is 78.7 Å². The van der Waals surface area contributed by atoms with Crippen molar-refractivity contribution in [1.29, 1.82) is 0 Å². The van der Waals surface area contributed by atoms with Crippen LogP contribution in [0.3, 0.4) is 0 Å². The van der Waals surface area contributed by atoms with Crippen LogP contribution in [0.4, 0.5) is 0 Å². The van der Waals surface area contributed by atoms with Crippen LogP contribution in [0, 0.1) is 0 Å². The Morgan fingerprint density at radius 1 is 1.09 bits per heavy atom. The summed E-state index contributed by atoms with van der Waals surface area (Å²) >= 11 is 0. The summed E-state index contributed by atoms with van der Waals surface area (Å²) in [6.07, 6.45) is -0.414. The third-order valence-electron chi connectivity index (χ3n) is 4.20. The van der Waals surface area contributed by atoms with Crippen LogP contribution in [-0.2, 0) is 9.53 Å². The van der Waals surface area contributed by atoms with Gasteiger partial charge in [-0.25, -0.2) is 0 Å². The van der Waals surface area contributed by atoms with Crippen LogP contribution in [0.5, 0.6) is 5.75 Å². The van der Waals surface area contributed by atoms with Gasteiger partial charge in [-0.3, -0.25) is 9.59 Å². The number of hydrogen-bond acceptors (Lipinski definition) is 5. The van der Waals surface area contributed by atoms with Crippen molar-refractivity contribution in [3.8, 4) is 5.75 Å². The topological polar surface area (TPSA) is 82.1 Å². The molecule has 7 nitrogen and oxygen atoms in total. The number of amides is 2. The highest BCUT2D eigenvalue weighted by molar-refractivity contribution is 5.94. The quantitative estimate of drug-likeness (QED) is 0.780. The molecule has 1 aromatic carbocycles. The van der Waals surface area contributed by atoms with Crippen molar-refractivity contribution in [2.24, 2.45) is 0 Å². The first-order valence-electron chi connectivity index (χ1n) is 7.84. The van der Waals surface area contributed by atoms with E-state index in [9.17, 15) is 14.7 Å². The van der Waals surface area contributed by atoms with Gasteiger partial charge in [0.1, 0.15) is 11.9 Å². The predicted octanol–water partition coefficient (Wildman–Crippen LogP) is -0.335. The summed E-state index contributed by atoms with van der Waals surface area (Å²) in [6, 6.07) is 6.22. The van der Waals surface area contributed by atoms with Gasteiger partial charge in [-0.05, 0) is 24.3 Å². The van der Waals surface area contributed by atoms with Gasteiger partial charge in [-0.15, -0.1) is 0 Å². The molecule has 1 aromatic rings. The number of benzene rings is 1. The highest BCUT2D eigenvalue weighted by Gasteiger charge is 2.30. The number of ether oxygens (including phenoxy) is 1. The van der Waals surface area contributed by atoms with Crippen LogP contribution in [0.1, 0.15) is 10.4 Å². The van der Waals surface area contributed by atoms with Gasteiger partial charge in [-0.1, -0.05) is 0 Å². The SMILES string of the molecule is O=C(c1ccc(O)cc1)N1CCN(C(=O)[C@H]2CNCCO2)CC1. The molecule has 0 unspecified atom stereocenters. The number of morpholine rings is 1. The van der Waals surface area contributed by atoms with E-state index in [2.05, 4.69) is 5.32 Å². The molecule has 2 amide bonds. The summed E-state index contributed by atoms with van der Waals surface area (Å²) < 4.78 is 5.49. The number of phenols is 1. The molecule has 2 saturated heterocycles. The monoisotopic (exact) mass is 319 g/mol. The number of nitrogens with one attached hydrogen (secondary N) is 1. The van der Waals surface area contributed by atoms with Gasteiger partial charge in [0.15, 0.2) is 0 Å². The van der Waals surface area contributed by atoms with E-state index in [0.29, 0.717) is 44.9 Å². The van der Waals surface area contributed by atoms with E-state index in [4.69, 9.17) is 4.74 Å². The number of rotatable bonds is 2. The number of carbonyl (C=O) groups excluding carboxylic acids is 2. The van der Waals surface area contributed by atoms with E-state index in [0.717, 1.165) is 6.54 Å². The second-order valence-corrected chi connectivity index (χ2v) is 5.73. The Kier molecular flexibility index (Phi) is 4.78. The van der Waals surface area contributed by atoms with E-state index < -0.39 is 6.10 Å². The van der Waals surface area contributed by atoms with Gasteiger partial charge in [0.05, 0.1) is 6.61 Å². The summed E-state index contributed by atoms with van der Waals surface area (Å²) in [5.41, 5.74) is 0.544.